The lowest BCUT2D eigenvalue weighted by molar-refractivity contribution is -0.167. The third-order valence-corrected chi connectivity index (χ3v) is 11.8. The lowest BCUT2D eigenvalue weighted by atomic mass is 10.0. The first kappa shape index (κ1) is 61.1. The Morgan fingerprint density at radius 2 is 0.625 bits per heavy atom. The minimum atomic E-state index is -0.773. The number of hydrogen-bond acceptors (Lipinski definition) is 6. The summed E-state index contributed by atoms with van der Waals surface area (Å²) in [5.41, 5.74) is 0. The number of rotatable bonds is 49. The fourth-order valence-electron chi connectivity index (χ4n) is 7.65. The molecule has 0 aliphatic rings. The van der Waals surface area contributed by atoms with Crippen molar-refractivity contribution in [1.29, 1.82) is 0 Å². The molecule has 0 aromatic carbocycles. The minimum absolute atomic E-state index is 0.0750. The van der Waals surface area contributed by atoms with E-state index in [-0.39, 0.29) is 31.1 Å². The van der Waals surface area contributed by atoms with E-state index in [2.05, 4.69) is 81.5 Å². The molecule has 0 fully saturated rings. The van der Waals surface area contributed by atoms with Crippen molar-refractivity contribution in [3.63, 3.8) is 0 Å². The summed E-state index contributed by atoms with van der Waals surface area (Å²) >= 11 is 0. The van der Waals surface area contributed by atoms with Crippen LogP contribution in [0, 0.1) is 0 Å². The fourth-order valence-corrected chi connectivity index (χ4v) is 7.65. The van der Waals surface area contributed by atoms with Crippen LogP contribution in [0.25, 0.3) is 0 Å². The van der Waals surface area contributed by atoms with Crippen molar-refractivity contribution in [2.45, 2.75) is 277 Å². The summed E-state index contributed by atoms with van der Waals surface area (Å²) in [6.07, 6.45) is 65.2. The number of hydrogen-bond donors (Lipinski definition) is 0. The van der Waals surface area contributed by atoms with Gasteiger partial charge >= 0.3 is 17.9 Å². The summed E-state index contributed by atoms with van der Waals surface area (Å²) in [6, 6.07) is 0. The van der Waals surface area contributed by atoms with Gasteiger partial charge in [-0.2, -0.15) is 0 Å². The predicted octanol–water partition coefficient (Wildman–Crippen LogP) is 18.0. The van der Waals surface area contributed by atoms with Crippen LogP contribution in [0.15, 0.2) is 60.8 Å². The van der Waals surface area contributed by atoms with E-state index >= 15 is 0 Å². The van der Waals surface area contributed by atoms with Gasteiger partial charge in [-0.05, 0) is 77.0 Å². The van der Waals surface area contributed by atoms with Crippen LogP contribution in [0.5, 0.6) is 0 Å². The molecule has 0 N–H and O–H groups in total. The van der Waals surface area contributed by atoms with Crippen LogP contribution in [0.1, 0.15) is 271 Å². The molecule has 0 radical (unpaired) electrons. The Labute approximate surface area is 396 Å². The van der Waals surface area contributed by atoms with Crippen LogP contribution in [0.4, 0.5) is 0 Å². The molecule has 0 aliphatic heterocycles. The van der Waals surface area contributed by atoms with E-state index in [1.165, 1.54) is 135 Å². The summed E-state index contributed by atoms with van der Waals surface area (Å²) in [4.78, 5) is 37.8. The highest BCUT2D eigenvalue weighted by molar-refractivity contribution is 5.71. The maximum atomic E-state index is 12.7. The van der Waals surface area contributed by atoms with Crippen LogP contribution >= 0.6 is 0 Å². The van der Waals surface area contributed by atoms with Crippen molar-refractivity contribution in [3.05, 3.63) is 60.8 Å². The molecule has 6 nitrogen and oxygen atoms in total. The maximum absolute atomic E-state index is 12.7. The van der Waals surface area contributed by atoms with Crippen LogP contribution < -0.4 is 0 Å². The van der Waals surface area contributed by atoms with Gasteiger partial charge in [-0.15, -0.1) is 0 Å². The lowest BCUT2D eigenvalue weighted by Crippen LogP contribution is -2.30. The van der Waals surface area contributed by atoms with Gasteiger partial charge in [-0.1, -0.05) is 236 Å². The number of carbonyl (C=O) groups is 3. The van der Waals surface area contributed by atoms with E-state index in [0.717, 1.165) is 96.3 Å². The van der Waals surface area contributed by atoms with Gasteiger partial charge in [0.15, 0.2) is 6.10 Å². The topological polar surface area (TPSA) is 78.9 Å². The van der Waals surface area contributed by atoms with E-state index in [1.54, 1.807) is 0 Å². The zero-order valence-corrected chi connectivity index (χ0v) is 42.3. The van der Waals surface area contributed by atoms with Crippen molar-refractivity contribution >= 4 is 17.9 Å². The first-order valence-electron chi connectivity index (χ1n) is 27.3. The van der Waals surface area contributed by atoms with Gasteiger partial charge in [-0.25, -0.2) is 0 Å². The van der Waals surface area contributed by atoms with Gasteiger partial charge < -0.3 is 14.2 Å². The molecular weight excluding hydrogens is 793 g/mol. The summed E-state index contributed by atoms with van der Waals surface area (Å²) < 4.78 is 16.7. The smallest absolute Gasteiger partial charge is 0.306 e. The Morgan fingerprint density at radius 1 is 0.328 bits per heavy atom. The fraction of sp³-hybridized carbons (Fsp3) is 0.776. The van der Waals surface area contributed by atoms with E-state index in [9.17, 15) is 14.4 Å². The molecule has 0 heterocycles. The highest BCUT2D eigenvalue weighted by Crippen LogP contribution is 2.16. The highest BCUT2D eigenvalue weighted by Gasteiger charge is 2.19. The van der Waals surface area contributed by atoms with Crippen LogP contribution in [0.2, 0.25) is 0 Å². The quantitative estimate of drug-likeness (QED) is 0.0262. The number of unbranched alkanes of at least 4 members (excludes halogenated alkanes) is 28. The second-order valence-electron chi connectivity index (χ2n) is 18.1. The molecule has 0 spiro atoms. The van der Waals surface area contributed by atoms with Gasteiger partial charge in [0.1, 0.15) is 13.2 Å². The second-order valence-corrected chi connectivity index (χ2v) is 18.1. The average Bonchev–Trinajstić information content (AvgIpc) is 3.29. The minimum Gasteiger partial charge on any atom is -0.462 e. The monoisotopic (exact) mass is 895 g/mol. The Kier molecular flexibility index (Phi) is 50.4. The molecule has 0 rings (SSSR count). The predicted molar refractivity (Wildman–Crippen MR) is 275 cm³/mol. The van der Waals surface area contributed by atoms with Crippen LogP contribution in [-0.2, 0) is 28.6 Å². The molecule has 0 amide bonds. The van der Waals surface area contributed by atoms with Crippen molar-refractivity contribution in [2.75, 3.05) is 13.2 Å². The molecular formula is C58H102O6. The molecule has 6 heteroatoms. The summed E-state index contributed by atoms with van der Waals surface area (Å²) in [5, 5.41) is 0. The third kappa shape index (κ3) is 50.1. The van der Waals surface area contributed by atoms with Crippen molar-refractivity contribution in [2.24, 2.45) is 0 Å². The largest absolute Gasteiger partial charge is 0.462 e. The Balaban J connectivity index is 4.09. The summed E-state index contributed by atoms with van der Waals surface area (Å²) in [6.45, 7) is 6.46. The van der Waals surface area contributed by atoms with Gasteiger partial charge in [0, 0.05) is 19.3 Å². The van der Waals surface area contributed by atoms with Gasteiger partial charge in [0.25, 0.3) is 0 Å². The summed E-state index contributed by atoms with van der Waals surface area (Å²) in [5.74, 6) is -0.884. The molecule has 0 saturated heterocycles. The molecule has 0 aromatic rings. The number of allylic oxidation sites excluding steroid dienone is 10. The Hall–Kier alpha value is -2.89. The zero-order valence-electron chi connectivity index (χ0n) is 42.3. The summed E-state index contributed by atoms with van der Waals surface area (Å²) in [7, 11) is 0. The molecule has 0 aromatic heterocycles. The number of esters is 3. The molecule has 370 valence electrons. The molecule has 1 atom stereocenters. The van der Waals surface area contributed by atoms with Crippen molar-refractivity contribution < 1.29 is 28.6 Å². The van der Waals surface area contributed by atoms with Gasteiger partial charge in [-0.3, -0.25) is 14.4 Å². The first-order chi connectivity index (χ1) is 31.5. The normalized spacial score (nSPS) is 12.5. The van der Waals surface area contributed by atoms with Crippen molar-refractivity contribution in [1.82, 2.24) is 0 Å². The molecule has 0 bridgehead atoms. The van der Waals surface area contributed by atoms with E-state index in [1.807, 2.05) is 0 Å². The molecule has 1 unspecified atom stereocenters. The molecule has 0 aliphatic carbocycles. The highest BCUT2D eigenvalue weighted by atomic mass is 16.6. The Bertz CT molecular complexity index is 1170. The standard InChI is InChI=1S/C58H102O6/c1-4-7-10-13-16-19-21-22-23-24-25-26-27-28-29-30-31-32-33-34-35-36-38-39-42-45-48-51-57(60)63-54-55(53-62-56(59)50-47-44-41-18-15-12-9-6-3)64-58(61)52-49-46-43-40-37-20-17-14-11-8-5-2/h7,10,14,16-17,19,22-23,25-26,55H,4-6,8-9,11-13,15,18,20-21,24,27-54H2,1-3H3/b10-7-,17-14-,19-16-,23-22-,26-25-. The molecule has 64 heavy (non-hydrogen) atoms. The number of ether oxygens (including phenoxy) is 3. The Morgan fingerprint density at radius 3 is 1.02 bits per heavy atom. The maximum Gasteiger partial charge on any atom is 0.306 e. The SMILES string of the molecule is CC/C=C\C/C=C\C/C=C\C/C=C\CCCCCCCCCCCCCCCCC(=O)OCC(COC(=O)CCCCCCCCCC)OC(=O)CCCCCCC/C=C\CCCC. The second kappa shape index (κ2) is 52.7. The third-order valence-electron chi connectivity index (χ3n) is 11.8. The zero-order chi connectivity index (χ0) is 46.5. The number of carbonyl (C=O) groups excluding carboxylic acids is 3. The molecule has 0 saturated carbocycles. The van der Waals surface area contributed by atoms with Gasteiger partial charge in [0.2, 0.25) is 0 Å². The van der Waals surface area contributed by atoms with E-state index < -0.39 is 6.10 Å². The van der Waals surface area contributed by atoms with Crippen LogP contribution in [-0.4, -0.2) is 37.2 Å². The first-order valence-corrected chi connectivity index (χ1v) is 27.3. The van der Waals surface area contributed by atoms with E-state index in [0.29, 0.717) is 19.3 Å². The van der Waals surface area contributed by atoms with Gasteiger partial charge in [0.05, 0.1) is 0 Å². The van der Waals surface area contributed by atoms with Crippen LogP contribution in [0.3, 0.4) is 0 Å². The van der Waals surface area contributed by atoms with Crippen molar-refractivity contribution in [3.8, 4) is 0 Å². The van der Waals surface area contributed by atoms with E-state index in [4.69, 9.17) is 14.2 Å². The average molecular weight is 895 g/mol. The lowest BCUT2D eigenvalue weighted by Gasteiger charge is -2.18.